The third-order valence-electron chi connectivity index (χ3n) is 3.71. The molecule has 0 radical (unpaired) electrons. The summed E-state index contributed by atoms with van der Waals surface area (Å²) in [5.41, 5.74) is 2.56. The van der Waals surface area contributed by atoms with Crippen LogP contribution in [0, 0.1) is 0 Å². The van der Waals surface area contributed by atoms with Crippen LogP contribution in [0.25, 0.3) is 0 Å². The highest BCUT2D eigenvalue weighted by molar-refractivity contribution is 7.89. The lowest BCUT2D eigenvalue weighted by Crippen LogP contribution is -2.34. The largest absolute Gasteiger partial charge is 0.370 e. The van der Waals surface area contributed by atoms with Gasteiger partial charge in [-0.1, -0.05) is 36.4 Å². The van der Waals surface area contributed by atoms with Crippen molar-refractivity contribution in [1.82, 2.24) is 4.72 Å². The summed E-state index contributed by atoms with van der Waals surface area (Å²) in [6.45, 7) is 2.04. The monoisotopic (exact) mass is 302 g/mol. The quantitative estimate of drug-likeness (QED) is 0.919. The summed E-state index contributed by atoms with van der Waals surface area (Å²) in [6, 6.07) is 16.8. The highest BCUT2D eigenvalue weighted by atomic mass is 32.2. The Morgan fingerprint density at radius 3 is 2.52 bits per heavy atom. The molecule has 0 unspecified atom stereocenters. The minimum Gasteiger partial charge on any atom is -0.370 e. The molecule has 0 fully saturated rings. The van der Waals surface area contributed by atoms with Crippen LogP contribution in [0.4, 0.5) is 5.69 Å². The molecule has 5 heteroatoms. The van der Waals surface area contributed by atoms with E-state index < -0.39 is 10.0 Å². The molecule has 3 rings (SSSR count). The van der Waals surface area contributed by atoms with E-state index in [9.17, 15) is 8.42 Å². The number of nitrogens with zero attached hydrogens (tertiary/aromatic N) is 1. The average Bonchev–Trinajstić information content (AvgIpc) is 2.92. The first kappa shape index (κ1) is 14.1. The van der Waals surface area contributed by atoms with Crippen LogP contribution in [-0.2, 0) is 16.4 Å². The lowest BCUT2D eigenvalue weighted by atomic mass is 10.2. The van der Waals surface area contributed by atoms with Crippen molar-refractivity contribution in [2.24, 2.45) is 0 Å². The molecule has 0 saturated heterocycles. The van der Waals surface area contributed by atoms with Gasteiger partial charge in [-0.3, -0.25) is 0 Å². The first-order valence-electron chi connectivity index (χ1n) is 7.04. The summed E-state index contributed by atoms with van der Waals surface area (Å²) in [5, 5.41) is 0. The van der Waals surface area contributed by atoms with Crippen molar-refractivity contribution < 1.29 is 8.42 Å². The third-order valence-corrected chi connectivity index (χ3v) is 5.19. The highest BCUT2D eigenvalue weighted by Gasteiger charge is 2.19. The molecule has 4 nitrogen and oxygen atoms in total. The Kier molecular flexibility index (Phi) is 3.94. The van der Waals surface area contributed by atoms with E-state index in [4.69, 9.17) is 0 Å². The number of rotatable bonds is 5. The molecule has 0 amide bonds. The average molecular weight is 302 g/mol. The molecule has 0 aliphatic carbocycles. The van der Waals surface area contributed by atoms with Crippen molar-refractivity contribution in [2.75, 3.05) is 24.5 Å². The lowest BCUT2D eigenvalue weighted by Gasteiger charge is -2.19. The molecule has 0 bridgehead atoms. The Labute approximate surface area is 125 Å². The van der Waals surface area contributed by atoms with Crippen LogP contribution in [0.15, 0.2) is 59.5 Å². The van der Waals surface area contributed by atoms with E-state index in [1.807, 2.05) is 12.1 Å². The molecule has 110 valence electrons. The first-order valence-corrected chi connectivity index (χ1v) is 8.53. The van der Waals surface area contributed by atoms with Gasteiger partial charge in [-0.2, -0.15) is 0 Å². The second-order valence-electron chi connectivity index (χ2n) is 5.08. The molecule has 1 heterocycles. The zero-order valence-corrected chi connectivity index (χ0v) is 12.5. The van der Waals surface area contributed by atoms with Gasteiger partial charge >= 0.3 is 0 Å². The van der Waals surface area contributed by atoms with Gasteiger partial charge in [-0.25, -0.2) is 13.1 Å². The predicted octanol–water partition coefficient (Wildman–Crippen LogP) is 2.03. The summed E-state index contributed by atoms with van der Waals surface area (Å²) in [4.78, 5) is 2.54. The molecule has 1 aliphatic heterocycles. The smallest absolute Gasteiger partial charge is 0.240 e. The van der Waals surface area contributed by atoms with Gasteiger partial charge in [0.25, 0.3) is 0 Å². The number of sulfonamides is 1. The van der Waals surface area contributed by atoms with Crippen LogP contribution >= 0.6 is 0 Å². The van der Waals surface area contributed by atoms with E-state index in [-0.39, 0.29) is 0 Å². The highest BCUT2D eigenvalue weighted by Crippen LogP contribution is 2.26. The molecule has 1 aliphatic rings. The molecule has 21 heavy (non-hydrogen) atoms. The Bertz CT molecular complexity index is 714. The minimum absolute atomic E-state index is 0.312. The fourth-order valence-electron chi connectivity index (χ4n) is 2.64. The van der Waals surface area contributed by atoms with Crippen LogP contribution in [0.5, 0.6) is 0 Å². The fourth-order valence-corrected chi connectivity index (χ4v) is 3.68. The molecule has 1 N–H and O–H groups in total. The van der Waals surface area contributed by atoms with Gasteiger partial charge in [0.1, 0.15) is 0 Å². The minimum atomic E-state index is -3.41. The predicted molar refractivity (Wildman–Crippen MR) is 84.0 cm³/mol. The number of anilines is 1. The SMILES string of the molecule is O=S(=O)(NCCN1CCc2ccccc21)c1ccccc1. The van der Waals surface area contributed by atoms with Crippen LogP contribution in [0.1, 0.15) is 5.56 Å². The lowest BCUT2D eigenvalue weighted by molar-refractivity contribution is 0.581. The molecule has 0 saturated carbocycles. The van der Waals surface area contributed by atoms with E-state index in [1.54, 1.807) is 30.3 Å². The molecule has 0 atom stereocenters. The summed E-state index contributed by atoms with van der Waals surface area (Å²) in [5.74, 6) is 0. The Morgan fingerprint density at radius 2 is 1.71 bits per heavy atom. The Balaban J connectivity index is 1.60. The van der Waals surface area contributed by atoms with Crippen molar-refractivity contribution in [3.8, 4) is 0 Å². The van der Waals surface area contributed by atoms with Crippen molar-refractivity contribution in [2.45, 2.75) is 11.3 Å². The number of para-hydroxylation sites is 1. The summed E-state index contributed by atoms with van der Waals surface area (Å²) in [6.07, 6.45) is 1.03. The maximum absolute atomic E-state index is 12.1. The summed E-state index contributed by atoms with van der Waals surface area (Å²) >= 11 is 0. The van der Waals surface area contributed by atoms with E-state index >= 15 is 0 Å². The number of benzene rings is 2. The van der Waals surface area contributed by atoms with E-state index in [0.717, 1.165) is 13.0 Å². The summed E-state index contributed by atoms with van der Waals surface area (Å²) in [7, 11) is -3.41. The number of hydrogen-bond acceptors (Lipinski definition) is 3. The molecular weight excluding hydrogens is 284 g/mol. The topological polar surface area (TPSA) is 49.4 Å². The zero-order chi connectivity index (χ0) is 14.7. The van der Waals surface area contributed by atoms with Gasteiger partial charge in [0.15, 0.2) is 0 Å². The Morgan fingerprint density at radius 1 is 1.00 bits per heavy atom. The van der Waals surface area contributed by atoms with Crippen LogP contribution in [0.2, 0.25) is 0 Å². The third kappa shape index (κ3) is 3.09. The van der Waals surface area contributed by atoms with Gasteiger partial charge in [0.05, 0.1) is 4.90 Å². The first-order chi connectivity index (χ1) is 10.2. The fraction of sp³-hybridized carbons (Fsp3) is 0.250. The summed E-state index contributed by atoms with van der Waals surface area (Å²) < 4.78 is 26.9. The number of hydrogen-bond donors (Lipinski definition) is 1. The van der Waals surface area contributed by atoms with Crippen molar-refractivity contribution in [3.05, 3.63) is 60.2 Å². The van der Waals surface area contributed by atoms with Crippen molar-refractivity contribution in [1.29, 1.82) is 0 Å². The van der Waals surface area contributed by atoms with E-state index in [2.05, 4.69) is 21.8 Å². The second-order valence-corrected chi connectivity index (χ2v) is 6.84. The standard InChI is InChI=1S/C16H18N2O2S/c19-21(20,15-7-2-1-3-8-15)17-11-13-18-12-10-14-6-4-5-9-16(14)18/h1-9,17H,10-13H2. The zero-order valence-electron chi connectivity index (χ0n) is 11.7. The normalized spacial score (nSPS) is 14.2. The molecular formula is C16H18N2O2S. The van der Waals surface area contributed by atoms with Gasteiger partial charge in [-0.15, -0.1) is 0 Å². The molecule has 2 aromatic carbocycles. The van der Waals surface area contributed by atoms with Crippen LogP contribution in [-0.4, -0.2) is 28.1 Å². The maximum Gasteiger partial charge on any atom is 0.240 e. The van der Waals surface area contributed by atoms with Gasteiger partial charge < -0.3 is 4.90 Å². The van der Waals surface area contributed by atoms with E-state index in [1.165, 1.54) is 11.3 Å². The van der Waals surface area contributed by atoms with Gasteiger partial charge in [0, 0.05) is 25.3 Å². The van der Waals surface area contributed by atoms with Crippen molar-refractivity contribution >= 4 is 15.7 Å². The Hall–Kier alpha value is -1.85. The van der Waals surface area contributed by atoms with E-state index in [0.29, 0.717) is 18.0 Å². The second kappa shape index (κ2) is 5.87. The van der Waals surface area contributed by atoms with Gasteiger partial charge in [-0.05, 0) is 30.2 Å². The molecule has 2 aromatic rings. The van der Waals surface area contributed by atoms with Crippen LogP contribution < -0.4 is 9.62 Å². The molecule has 0 aromatic heterocycles. The van der Waals surface area contributed by atoms with Gasteiger partial charge in [0.2, 0.25) is 10.0 Å². The van der Waals surface area contributed by atoms with Crippen molar-refractivity contribution in [3.63, 3.8) is 0 Å². The number of fused-ring (bicyclic) bond motifs is 1. The number of nitrogens with one attached hydrogen (secondary N) is 1. The molecule has 0 spiro atoms. The maximum atomic E-state index is 12.1. The van der Waals surface area contributed by atoms with Crippen LogP contribution in [0.3, 0.4) is 0 Å².